The van der Waals surface area contributed by atoms with E-state index >= 15 is 0 Å². The molecule has 0 radical (unpaired) electrons. The molecular weight excluding hydrogens is 284 g/mol. The number of hydrogen-bond acceptors (Lipinski definition) is 4. The Morgan fingerprint density at radius 2 is 2.37 bits per heavy atom. The van der Waals surface area contributed by atoms with E-state index in [4.69, 9.17) is 4.74 Å². The maximum Gasteiger partial charge on any atom is 0.261 e. The van der Waals surface area contributed by atoms with Gasteiger partial charge >= 0.3 is 0 Å². The second kappa shape index (κ2) is 7.24. The summed E-state index contributed by atoms with van der Waals surface area (Å²) >= 11 is 1.53. The Morgan fingerprint density at radius 1 is 1.58 bits per heavy atom. The summed E-state index contributed by atoms with van der Waals surface area (Å²) in [4.78, 5) is 13.9. The predicted molar refractivity (Wildman–Crippen MR) is 80.5 cm³/mol. The molecule has 2 rings (SSSR count). The quantitative estimate of drug-likeness (QED) is 0.874. The van der Waals surface area contributed by atoms with Gasteiger partial charge in [0.1, 0.15) is 0 Å². The van der Waals surface area contributed by atoms with Crippen LogP contribution in [0.5, 0.6) is 0 Å². The van der Waals surface area contributed by atoms with Crippen LogP contribution in [-0.4, -0.2) is 38.3 Å². The van der Waals surface area contributed by atoms with Crippen LogP contribution in [-0.2, 0) is 4.74 Å². The minimum atomic E-state index is -0.0866. The highest BCUT2D eigenvalue weighted by molar-refractivity contribution is 7.13. The van der Waals surface area contributed by atoms with Gasteiger partial charge in [-0.15, -0.1) is 23.7 Å². The van der Waals surface area contributed by atoms with Gasteiger partial charge in [-0.1, -0.05) is 0 Å². The summed E-state index contributed by atoms with van der Waals surface area (Å²) < 4.78 is 5.26. The van der Waals surface area contributed by atoms with Crippen LogP contribution in [0.25, 0.3) is 0 Å². The number of ether oxygens (including phenoxy) is 1. The standard InChI is InChI=1S/C13H20N2O2S.ClH/c1-10-4-5-11(18-10)12(16)14-8-13(9-17-2)6-3-7-15-13;/h4-5,15H,3,6-9H2,1-2H3,(H,14,16);1H. The fourth-order valence-electron chi connectivity index (χ4n) is 2.36. The Morgan fingerprint density at radius 3 is 2.89 bits per heavy atom. The van der Waals surface area contributed by atoms with E-state index in [2.05, 4.69) is 10.6 Å². The van der Waals surface area contributed by atoms with E-state index in [0.717, 1.165) is 29.1 Å². The van der Waals surface area contributed by atoms with E-state index in [9.17, 15) is 4.79 Å². The molecule has 1 saturated heterocycles. The van der Waals surface area contributed by atoms with Crippen molar-refractivity contribution in [3.05, 3.63) is 21.9 Å². The van der Waals surface area contributed by atoms with Gasteiger partial charge in [-0.3, -0.25) is 4.79 Å². The molecule has 0 bridgehead atoms. The number of hydrogen-bond donors (Lipinski definition) is 2. The van der Waals surface area contributed by atoms with Crippen molar-refractivity contribution in [1.29, 1.82) is 0 Å². The molecule has 0 spiro atoms. The van der Waals surface area contributed by atoms with Crippen LogP contribution in [0.4, 0.5) is 0 Å². The molecular formula is C13H21ClN2O2S. The molecule has 0 saturated carbocycles. The third-order valence-electron chi connectivity index (χ3n) is 3.30. The molecule has 108 valence electrons. The lowest BCUT2D eigenvalue weighted by atomic mass is 9.98. The average Bonchev–Trinajstić information content (AvgIpc) is 2.97. The van der Waals surface area contributed by atoms with Crippen LogP contribution in [0.2, 0.25) is 0 Å². The number of carbonyl (C=O) groups excluding carboxylic acids is 1. The Hall–Kier alpha value is -0.620. The van der Waals surface area contributed by atoms with Gasteiger partial charge in [0.15, 0.2) is 0 Å². The van der Waals surface area contributed by atoms with Crippen molar-refractivity contribution in [2.75, 3.05) is 26.8 Å². The first kappa shape index (κ1) is 16.4. The van der Waals surface area contributed by atoms with Crippen molar-refractivity contribution in [2.45, 2.75) is 25.3 Å². The van der Waals surface area contributed by atoms with Crippen LogP contribution in [0, 0.1) is 6.92 Å². The molecule has 2 N–H and O–H groups in total. The maximum absolute atomic E-state index is 12.0. The van der Waals surface area contributed by atoms with Crippen LogP contribution >= 0.6 is 23.7 Å². The van der Waals surface area contributed by atoms with Gasteiger partial charge in [0, 0.05) is 18.5 Å². The third kappa shape index (κ3) is 4.18. The summed E-state index contributed by atoms with van der Waals surface area (Å²) in [5, 5.41) is 6.46. The predicted octanol–water partition coefficient (Wildman–Crippen LogP) is 1.98. The minimum absolute atomic E-state index is 0. The number of halogens is 1. The van der Waals surface area contributed by atoms with Crippen molar-refractivity contribution in [3.8, 4) is 0 Å². The molecule has 1 aliphatic rings. The number of aryl methyl sites for hydroxylation is 1. The molecule has 0 aliphatic carbocycles. The molecule has 1 fully saturated rings. The molecule has 4 nitrogen and oxygen atoms in total. The number of methoxy groups -OCH3 is 1. The first-order chi connectivity index (χ1) is 8.65. The fraction of sp³-hybridized carbons (Fsp3) is 0.615. The normalized spacial score (nSPS) is 22.0. The van der Waals surface area contributed by atoms with E-state index in [1.807, 2.05) is 19.1 Å². The van der Waals surface area contributed by atoms with E-state index in [1.54, 1.807) is 7.11 Å². The Labute approximate surface area is 124 Å². The van der Waals surface area contributed by atoms with Gasteiger partial charge in [0.05, 0.1) is 17.0 Å². The van der Waals surface area contributed by atoms with Gasteiger partial charge in [-0.05, 0) is 38.4 Å². The zero-order valence-corrected chi connectivity index (χ0v) is 13.0. The highest BCUT2D eigenvalue weighted by Gasteiger charge is 2.33. The number of nitrogens with one attached hydrogen (secondary N) is 2. The lowest BCUT2D eigenvalue weighted by molar-refractivity contribution is 0.0896. The zero-order chi connectivity index (χ0) is 13.0. The highest BCUT2D eigenvalue weighted by atomic mass is 35.5. The highest BCUT2D eigenvalue weighted by Crippen LogP contribution is 2.20. The number of rotatable bonds is 5. The van der Waals surface area contributed by atoms with Gasteiger partial charge < -0.3 is 15.4 Å². The molecule has 2 heterocycles. The lowest BCUT2D eigenvalue weighted by Crippen LogP contribution is -2.52. The molecule has 1 aromatic rings. The lowest BCUT2D eigenvalue weighted by Gasteiger charge is -2.28. The Balaban J connectivity index is 0.00000180. The molecule has 1 aliphatic heterocycles. The van der Waals surface area contributed by atoms with Crippen LogP contribution in [0.1, 0.15) is 27.4 Å². The third-order valence-corrected chi connectivity index (χ3v) is 4.30. The number of thiophene rings is 1. The van der Waals surface area contributed by atoms with Gasteiger partial charge in [0.2, 0.25) is 0 Å². The summed E-state index contributed by atoms with van der Waals surface area (Å²) in [6.07, 6.45) is 2.18. The second-order valence-corrected chi connectivity index (χ2v) is 6.12. The van der Waals surface area contributed by atoms with E-state index in [1.165, 1.54) is 11.3 Å². The smallest absolute Gasteiger partial charge is 0.261 e. The first-order valence-electron chi connectivity index (χ1n) is 6.24. The summed E-state index contributed by atoms with van der Waals surface area (Å²) in [5.74, 6) is 0.0114. The zero-order valence-electron chi connectivity index (χ0n) is 11.3. The minimum Gasteiger partial charge on any atom is -0.383 e. The van der Waals surface area contributed by atoms with Crippen LogP contribution < -0.4 is 10.6 Å². The molecule has 1 aromatic heterocycles. The van der Waals surface area contributed by atoms with Crippen molar-refractivity contribution in [2.24, 2.45) is 0 Å². The molecule has 6 heteroatoms. The molecule has 1 atom stereocenters. The van der Waals surface area contributed by atoms with Crippen molar-refractivity contribution in [3.63, 3.8) is 0 Å². The van der Waals surface area contributed by atoms with E-state index in [-0.39, 0.29) is 23.9 Å². The SMILES string of the molecule is COCC1(CNC(=O)c2ccc(C)s2)CCCN1.Cl. The molecule has 19 heavy (non-hydrogen) atoms. The van der Waals surface area contributed by atoms with Crippen molar-refractivity contribution < 1.29 is 9.53 Å². The van der Waals surface area contributed by atoms with Crippen molar-refractivity contribution in [1.82, 2.24) is 10.6 Å². The Bertz CT molecular complexity index is 417. The van der Waals surface area contributed by atoms with Crippen molar-refractivity contribution >= 4 is 29.7 Å². The first-order valence-corrected chi connectivity index (χ1v) is 7.05. The maximum atomic E-state index is 12.0. The molecule has 1 unspecified atom stereocenters. The van der Waals surface area contributed by atoms with Crippen LogP contribution in [0.15, 0.2) is 12.1 Å². The van der Waals surface area contributed by atoms with E-state index in [0.29, 0.717) is 13.2 Å². The second-order valence-electron chi connectivity index (χ2n) is 4.84. The monoisotopic (exact) mass is 304 g/mol. The summed E-state index contributed by atoms with van der Waals surface area (Å²) in [6, 6.07) is 3.85. The summed E-state index contributed by atoms with van der Waals surface area (Å²) in [7, 11) is 1.70. The van der Waals surface area contributed by atoms with Gasteiger partial charge in [0.25, 0.3) is 5.91 Å². The fourth-order valence-corrected chi connectivity index (χ4v) is 3.15. The van der Waals surface area contributed by atoms with E-state index < -0.39 is 0 Å². The molecule has 1 amide bonds. The summed E-state index contributed by atoms with van der Waals surface area (Å²) in [5.41, 5.74) is -0.0866. The molecule has 0 aromatic carbocycles. The number of amides is 1. The van der Waals surface area contributed by atoms with Gasteiger partial charge in [-0.25, -0.2) is 0 Å². The Kier molecular flexibility index (Phi) is 6.26. The van der Waals surface area contributed by atoms with Gasteiger partial charge in [-0.2, -0.15) is 0 Å². The number of carbonyl (C=O) groups is 1. The van der Waals surface area contributed by atoms with Crippen LogP contribution in [0.3, 0.4) is 0 Å². The summed E-state index contributed by atoms with van der Waals surface area (Å²) in [6.45, 7) is 4.26. The largest absolute Gasteiger partial charge is 0.383 e. The topological polar surface area (TPSA) is 50.4 Å². The average molecular weight is 305 g/mol.